The summed E-state index contributed by atoms with van der Waals surface area (Å²) in [6, 6.07) is 8.74. The van der Waals surface area contributed by atoms with Crippen molar-refractivity contribution in [2.75, 3.05) is 5.32 Å². The van der Waals surface area contributed by atoms with Gasteiger partial charge in [0, 0.05) is 42.7 Å². The molecule has 2 amide bonds. The van der Waals surface area contributed by atoms with Gasteiger partial charge in [-0.15, -0.1) is 0 Å². The maximum Gasteiger partial charge on any atom is 0.278 e. The number of benzene rings is 1. The minimum absolute atomic E-state index is 0.107. The first-order chi connectivity index (χ1) is 19.4. The predicted octanol–water partition coefficient (Wildman–Crippen LogP) is 3.81. The Morgan fingerprint density at radius 3 is 2.56 bits per heavy atom. The van der Waals surface area contributed by atoms with Crippen LogP contribution in [0.5, 0.6) is 0 Å². The number of carbonyl (C=O) groups excluding carboxylic acids is 3. The van der Waals surface area contributed by atoms with Crippen LogP contribution in [0.25, 0.3) is 22.0 Å². The van der Waals surface area contributed by atoms with Gasteiger partial charge in [-0.3, -0.25) is 19.1 Å². The summed E-state index contributed by atoms with van der Waals surface area (Å²) in [5, 5.41) is 19.5. The molecule has 41 heavy (non-hydrogen) atoms. The SMILES string of the molecule is CC(=O)c1nn(CC(=O)N2[C@@H]3C[C@]3(C)C[C@@]2(O)C(=O)Nc2nc(Br)ccc2C)c2ccc(-c3cnc(C)nc3)cc12. The Morgan fingerprint density at radius 1 is 1.12 bits per heavy atom. The molecule has 1 aliphatic heterocycles. The Hall–Kier alpha value is -4.03. The molecule has 1 aliphatic carbocycles. The summed E-state index contributed by atoms with van der Waals surface area (Å²) in [7, 11) is 0. The van der Waals surface area contributed by atoms with Crippen molar-refractivity contribution in [2.45, 2.75) is 58.8 Å². The van der Waals surface area contributed by atoms with Gasteiger partial charge in [-0.05, 0) is 70.9 Å². The van der Waals surface area contributed by atoms with E-state index in [0.717, 1.165) is 11.1 Å². The van der Waals surface area contributed by atoms with Crippen molar-refractivity contribution in [3.8, 4) is 11.1 Å². The van der Waals surface area contributed by atoms with E-state index in [4.69, 9.17) is 0 Å². The molecule has 12 heteroatoms. The van der Waals surface area contributed by atoms with E-state index in [2.05, 4.69) is 41.3 Å². The van der Waals surface area contributed by atoms with Crippen LogP contribution in [0.1, 0.15) is 48.6 Å². The van der Waals surface area contributed by atoms with E-state index in [0.29, 0.717) is 39.1 Å². The number of ketones is 1. The predicted molar refractivity (Wildman–Crippen MR) is 154 cm³/mol. The van der Waals surface area contributed by atoms with Gasteiger partial charge in [0.15, 0.2) is 5.78 Å². The molecular weight excluding hydrogens is 590 g/mol. The van der Waals surface area contributed by atoms with Gasteiger partial charge in [0.2, 0.25) is 11.6 Å². The fourth-order valence-corrected chi connectivity index (χ4v) is 6.09. The van der Waals surface area contributed by atoms with Gasteiger partial charge in [-0.1, -0.05) is 19.1 Å². The standard InChI is InChI=1S/C29H28BrN7O4/c1-15-5-8-23(30)33-26(15)34-27(40)29(41)14-28(4)10-22(28)37(29)24(39)13-36-21-7-6-18(19-11-31-17(3)32-12-19)9-20(21)25(35-36)16(2)38/h5-9,11-12,22,41H,10,13-14H2,1-4H3,(H,33,34,40)/t22-,28-,29-/m1/s1. The van der Waals surface area contributed by atoms with Crippen molar-refractivity contribution in [2.24, 2.45) is 5.41 Å². The average molecular weight is 618 g/mol. The second-order valence-corrected chi connectivity index (χ2v) is 12.0. The zero-order chi connectivity index (χ0) is 29.3. The van der Waals surface area contributed by atoms with Gasteiger partial charge in [0.25, 0.3) is 5.91 Å². The number of Topliss-reactive ketones (excluding diaryl/α,β-unsaturated/α-hetero) is 1. The molecule has 2 fully saturated rings. The van der Waals surface area contributed by atoms with Crippen molar-refractivity contribution in [1.82, 2.24) is 29.6 Å². The highest BCUT2D eigenvalue weighted by Gasteiger charge is 2.71. The summed E-state index contributed by atoms with van der Waals surface area (Å²) in [6.45, 7) is 6.72. The quantitative estimate of drug-likeness (QED) is 0.245. The molecule has 1 aromatic carbocycles. The number of piperidine rings is 1. The molecule has 1 saturated carbocycles. The van der Waals surface area contributed by atoms with Crippen molar-refractivity contribution >= 4 is 50.2 Å². The number of fused-ring (bicyclic) bond motifs is 2. The number of amides is 2. The number of anilines is 1. The number of nitrogens with one attached hydrogen (secondary N) is 1. The molecule has 1 saturated heterocycles. The van der Waals surface area contributed by atoms with Gasteiger partial charge in [-0.25, -0.2) is 15.0 Å². The van der Waals surface area contributed by atoms with Crippen molar-refractivity contribution in [1.29, 1.82) is 0 Å². The van der Waals surface area contributed by atoms with Gasteiger partial charge in [-0.2, -0.15) is 5.10 Å². The summed E-state index contributed by atoms with van der Waals surface area (Å²) >= 11 is 3.30. The van der Waals surface area contributed by atoms with Crippen LogP contribution in [0.4, 0.5) is 5.82 Å². The summed E-state index contributed by atoms with van der Waals surface area (Å²) in [5.74, 6) is -0.482. The third-order valence-electron chi connectivity index (χ3n) is 8.08. The topological polar surface area (TPSA) is 143 Å². The Morgan fingerprint density at radius 2 is 1.85 bits per heavy atom. The van der Waals surface area contributed by atoms with Crippen molar-refractivity contribution < 1.29 is 19.5 Å². The van der Waals surface area contributed by atoms with Gasteiger partial charge >= 0.3 is 0 Å². The van der Waals surface area contributed by atoms with Crippen LogP contribution in [-0.2, 0) is 16.1 Å². The molecule has 2 N–H and O–H groups in total. The fraction of sp³-hybridized carbons (Fsp3) is 0.345. The first kappa shape index (κ1) is 27.2. The largest absolute Gasteiger partial charge is 0.363 e. The van der Waals surface area contributed by atoms with Crippen LogP contribution in [-0.4, -0.2) is 64.1 Å². The van der Waals surface area contributed by atoms with Gasteiger partial charge in [0.1, 0.15) is 28.5 Å². The second-order valence-electron chi connectivity index (χ2n) is 11.2. The molecule has 11 nitrogen and oxygen atoms in total. The van der Waals surface area contributed by atoms with Crippen LogP contribution in [0.3, 0.4) is 0 Å². The van der Waals surface area contributed by atoms with Crippen molar-refractivity contribution in [3.63, 3.8) is 0 Å². The lowest BCUT2D eigenvalue weighted by atomic mass is 9.98. The fourth-order valence-electron chi connectivity index (χ4n) is 5.78. The summed E-state index contributed by atoms with van der Waals surface area (Å²) < 4.78 is 1.99. The van der Waals surface area contributed by atoms with E-state index in [1.165, 1.54) is 16.5 Å². The van der Waals surface area contributed by atoms with E-state index in [9.17, 15) is 19.5 Å². The number of aryl methyl sites for hydroxylation is 2. The third-order valence-corrected chi connectivity index (χ3v) is 8.52. The molecule has 4 heterocycles. The smallest absolute Gasteiger partial charge is 0.278 e. The number of aromatic nitrogens is 5. The third kappa shape index (κ3) is 4.60. The molecular formula is C29H28BrN7O4. The number of rotatable bonds is 6. The molecule has 0 bridgehead atoms. The molecule has 4 aromatic rings. The van der Waals surface area contributed by atoms with Crippen LogP contribution < -0.4 is 5.32 Å². The number of hydrogen-bond acceptors (Lipinski definition) is 8. The molecule has 0 unspecified atom stereocenters. The lowest BCUT2D eigenvalue weighted by Crippen LogP contribution is -2.58. The monoisotopic (exact) mass is 617 g/mol. The lowest BCUT2D eigenvalue weighted by Gasteiger charge is -2.35. The molecule has 0 radical (unpaired) electrons. The summed E-state index contributed by atoms with van der Waals surface area (Å²) in [5.41, 5.74) is 0.687. The normalized spacial score (nSPS) is 23.0. The van der Waals surface area contributed by atoms with Crippen molar-refractivity contribution in [3.05, 3.63) is 64.4 Å². The Labute approximate surface area is 244 Å². The maximum atomic E-state index is 13.8. The van der Waals surface area contributed by atoms with Crippen LogP contribution in [0.2, 0.25) is 0 Å². The highest BCUT2D eigenvalue weighted by molar-refractivity contribution is 9.10. The van der Waals surface area contributed by atoms with Crippen LogP contribution in [0, 0.1) is 19.3 Å². The molecule has 3 atom stereocenters. The maximum absolute atomic E-state index is 13.8. The minimum Gasteiger partial charge on any atom is -0.363 e. The zero-order valence-corrected chi connectivity index (χ0v) is 24.6. The molecule has 2 aliphatic rings. The number of pyridine rings is 1. The average Bonchev–Trinajstić information content (AvgIpc) is 3.30. The number of aliphatic hydroxyl groups is 1. The molecule has 3 aromatic heterocycles. The Bertz CT molecular complexity index is 1750. The number of carbonyl (C=O) groups is 3. The first-order valence-corrected chi connectivity index (χ1v) is 14.0. The number of likely N-dealkylation sites (tertiary alicyclic amines) is 1. The highest BCUT2D eigenvalue weighted by Crippen LogP contribution is 2.62. The Balaban J connectivity index is 1.32. The van der Waals surface area contributed by atoms with E-state index < -0.39 is 17.5 Å². The van der Waals surface area contributed by atoms with Crippen LogP contribution in [0.15, 0.2) is 47.3 Å². The Kier molecular flexibility index (Phi) is 6.31. The zero-order valence-electron chi connectivity index (χ0n) is 23.0. The minimum atomic E-state index is -2.06. The van der Waals surface area contributed by atoms with E-state index in [-0.39, 0.29) is 35.9 Å². The summed E-state index contributed by atoms with van der Waals surface area (Å²) in [4.78, 5) is 53.9. The summed E-state index contributed by atoms with van der Waals surface area (Å²) in [6.07, 6.45) is 4.21. The lowest BCUT2D eigenvalue weighted by molar-refractivity contribution is -0.168. The first-order valence-electron chi connectivity index (χ1n) is 13.2. The number of halogens is 1. The van der Waals surface area contributed by atoms with Crippen LogP contribution >= 0.6 is 15.9 Å². The van der Waals surface area contributed by atoms with Gasteiger partial charge in [0.05, 0.1) is 5.52 Å². The second kappa shape index (κ2) is 9.52. The highest BCUT2D eigenvalue weighted by atomic mass is 79.9. The van der Waals surface area contributed by atoms with E-state index >= 15 is 0 Å². The molecule has 210 valence electrons. The number of hydrogen-bond donors (Lipinski definition) is 2. The van der Waals surface area contributed by atoms with E-state index in [1.807, 2.05) is 19.1 Å². The molecule has 0 spiro atoms. The van der Waals surface area contributed by atoms with Gasteiger partial charge < -0.3 is 15.3 Å². The van der Waals surface area contributed by atoms with E-state index in [1.54, 1.807) is 44.4 Å². The molecule has 6 rings (SSSR count). The number of nitrogens with zero attached hydrogens (tertiary/aromatic N) is 6.